The van der Waals surface area contributed by atoms with E-state index in [0.717, 1.165) is 5.69 Å². The SMILES string of the molecule is Nc1ccc2c(c1)S2. The Labute approximate surface area is 51.9 Å². The van der Waals surface area contributed by atoms with E-state index >= 15 is 0 Å². The average molecular weight is 123 g/mol. The molecule has 0 saturated carbocycles. The molecule has 1 aromatic rings. The monoisotopic (exact) mass is 123 g/mol. The van der Waals surface area contributed by atoms with Gasteiger partial charge in [0.05, 0.1) is 0 Å². The summed E-state index contributed by atoms with van der Waals surface area (Å²) in [5, 5.41) is 0. The van der Waals surface area contributed by atoms with E-state index in [1.54, 1.807) is 11.8 Å². The van der Waals surface area contributed by atoms with Gasteiger partial charge in [-0.2, -0.15) is 0 Å². The van der Waals surface area contributed by atoms with Gasteiger partial charge in [-0.15, -0.1) is 0 Å². The number of nitrogen functional groups attached to an aromatic ring is 1. The maximum Gasteiger partial charge on any atom is 0.0326 e. The number of anilines is 1. The van der Waals surface area contributed by atoms with Crippen LogP contribution in [0.1, 0.15) is 0 Å². The lowest BCUT2D eigenvalue weighted by Gasteiger charge is -1.81. The first-order chi connectivity index (χ1) is 3.86. The molecule has 0 fully saturated rings. The zero-order chi connectivity index (χ0) is 5.56. The second-order valence-corrected chi connectivity index (χ2v) is 2.89. The molecule has 0 aromatic heterocycles. The molecule has 40 valence electrons. The molecular formula is C6H5NS. The van der Waals surface area contributed by atoms with E-state index < -0.39 is 0 Å². The third kappa shape index (κ3) is 0.497. The Hall–Kier alpha value is -0.630. The van der Waals surface area contributed by atoms with Crippen LogP contribution in [0, 0.1) is 0 Å². The van der Waals surface area contributed by atoms with Gasteiger partial charge in [0.1, 0.15) is 0 Å². The van der Waals surface area contributed by atoms with Crippen molar-refractivity contribution >= 4 is 17.4 Å². The van der Waals surface area contributed by atoms with Crippen molar-refractivity contribution < 1.29 is 0 Å². The molecule has 1 heterocycles. The summed E-state index contributed by atoms with van der Waals surface area (Å²) in [7, 11) is 0. The van der Waals surface area contributed by atoms with Gasteiger partial charge < -0.3 is 5.73 Å². The lowest BCUT2D eigenvalue weighted by Crippen LogP contribution is -1.79. The molecule has 0 bridgehead atoms. The van der Waals surface area contributed by atoms with Crippen LogP contribution in [0.25, 0.3) is 0 Å². The smallest absolute Gasteiger partial charge is 0.0326 e. The first-order valence-electron chi connectivity index (χ1n) is 2.43. The summed E-state index contributed by atoms with van der Waals surface area (Å²) in [4.78, 5) is 2.71. The van der Waals surface area contributed by atoms with Crippen LogP contribution in [-0.4, -0.2) is 0 Å². The van der Waals surface area contributed by atoms with Gasteiger partial charge in [-0.1, -0.05) is 11.8 Å². The van der Waals surface area contributed by atoms with Crippen LogP contribution in [0.5, 0.6) is 0 Å². The van der Waals surface area contributed by atoms with E-state index in [0.29, 0.717) is 0 Å². The van der Waals surface area contributed by atoms with Gasteiger partial charge in [-0.05, 0) is 18.2 Å². The molecule has 0 amide bonds. The number of nitrogens with two attached hydrogens (primary N) is 1. The summed E-state index contributed by atoms with van der Waals surface area (Å²) in [5.74, 6) is 0. The van der Waals surface area contributed by atoms with Crippen molar-refractivity contribution in [3.63, 3.8) is 0 Å². The van der Waals surface area contributed by atoms with Crippen molar-refractivity contribution in [2.45, 2.75) is 9.79 Å². The molecule has 2 N–H and O–H groups in total. The Kier molecular flexibility index (Phi) is 0.641. The van der Waals surface area contributed by atoms with Gasteiger partial charge in [0.25, 0.3) is 0 Å². The van der Waals surface area contributed by atoms with Crippen LogP contribution >= 0.6 is 11.8 Å². The Morgan fingerprint density at radius 3 is 2.75 bits per heavy atom. The summed E-state index contributed by atoms with van der Waals surface area (Å²) in [6.07, 6.45) is 0. The normalized spacial score (nSPS) is 13.0. The molecule has 0 saturated heterocycles. The lowest BCUT2D eigenvalue weighted by atomic mass is 10.3. The zero-order valence-electron chi connectivity index (χ0n) is 4.22. The summed E-state index contributed by atoms with van der Waals surface area (Å²) in [6.45, 7) is 0. The van der Waals surface area contributed by atoms with Crippen molar-refractivity contribution in [3.05, 3.63) is 18.2 Å². The molecule has 0 spiro atoms. The second kappa shape index (κ2) is 1.20. The molecule has 1 aliphatic heterocycles. The fraction of sp³-hybridized carbons (Fsp3) is 0. The van der Waals surface area contributed by atoms with Crippen LogP contribution in [0.2, 0.25) is 0 Å². The van der Waals surface area contributed by atoms with E-state index in [1.807, 2.05) is 12.1 Å². The Morgan fingerprint density at radius 2 is 2.12 bits per heavy atom. The van der Waals surface area contributed by atoms with Crippen LogP contribution in [-0.2, 0) is 0 Å². The topological polar surface area (TPSA) is 26.0 Å². The maximum absolute atomic E-state index is 5.48. The minimum absolute atomic E-state index is 0.869. The maximum atomic E-state index is 5.48. The molecular weight excluding hydrogens is 118 g/mol. The van der Waals surface area contributed by atoms with Crippen LogP contribution in [0.4, 0.5) is 5.69 Å². The van der Waals surface area contributed by atoms with E-state index in [9.17, 15) is 0 Å². The first-order valence-corrected chi connectivity index (χ1v) is 3.25. The standard InChI is InChI=1S/C6H5NS/c7-4-1-2-5-6(3-4)8-5/h1-3H,7H2. The summed E-state index contributed by atoms with van der Waals surface area (Å²) >= 11 is 1.79. The minimum atomic E-state index is 0.869. The van der Waals surface area contributed by atoms with Crippen LogP contribution < -0.4 is 5.73 Å². The van der Waals surface area contributed by atoms with E-state index in [-0.39, 0.29) is 0 Å². The van der Waals surface area contributed by atoms with Crippen molar-refractivity contribution in [3.8, 4) is 0 Å². The van der Waals surface area contributed by atoms with Crippen molar-refractivity contribution in [1.82, 2.24) is 0 Å². The molecule has 2 heteroatoms. The fourth-order valence-electron chi connectivity index (χ4n) is 0.681. The van der Waals surface area contributed by atoms with Crippen LogP contribution in [0.3, 0.4) is 0 Å². The molecule has 1 aliphatic rings. The summed E-state index contributed by atoms with van der Waals surface area (Å²) in [5.41, 5.74) is 6.35. The first kappa shape index (κ1) is 4.27. The number of hydrogen-bond acceptors (Lipinski definition) is 2. The largest absolute Gasteiger partial charge is 0.399 e. The molecule has 0 atom stereocenters. The predicted molar refractivity (Wildman–Crippen MR) is 35.0 cm³/mol. The highest BCUT2D eigenvalue weighted by atomic mass is 32.2. The molecule has 8 heavy (non-hydrogen) atoms. The number of rotatable bonds is 0. The number of hydrogen-bond donors (Lipinski definition) is 1. The molecule has 2 rings (SSSR count). The Morgan fingerprint density at radius 1 is 1.25 bits per heavy atom. The van der Waals surface area contributed by atoms with E-state index in [4.69, 9.17) is 5.73 Å². The summed E-state index contributed by atoms with van der Waals surface area (Å²) < 4.78 is 0. The molecule has 0 radical (unpaired) electrons. The van der Waals surface area contributed by atoms with Crippen molar-refractivity contribution in [2.75, 3.05) is 5.73 Å². The molecule has 1 nitrogen and oxygen atoms in total. The van der Waals surface area contributed by atoms with E-state index in [1.165, 1.54) is 9.79 Å². The Bertz CT molecular complexity index is 231. The predicted octanol–water partition coefficient (Wildman–Crippen LogP) is 1.73. The van der Waals surface area contributed by atoms with E-state index in [2.05, 4.69) is 6.07 Å². The van der Waals surface area contributed by atoms with Crippen LogP contribution in [0.15, 0.2) is 28.0 Å². The highest BCUT2D eigenvalue weighted by molar-refractivity contribution is 8.05. The van der Waals surface area contributed by atoms with Crippen molar-refractivity contribution in [1.29, 1.82) is 0 Å². The fourth-order valence-corrected chi connectivity index (χ4v) is 1.33. The number of benzene rings is 1. The van der Waals surface area contributed by atoms with Gasteiger partial charge in [0.15, 0.2) is 0 Å². The highest BCUT2D eigenvalue weighted by Crippen LogP contribution is 2.48. The third-order valence-electron chi connectivity index (χ3n) is 1.15. The highest BCUT2D eigenvalue weighted by Gasteiger charge is 2.16. The second-order valence-electron chi connectivity index (χ2n) is 1.81. The molecule has 0 aliphatic carbocycles. The van der Waals surface area contributed by atoms with Gasteiger partial charge >= 0.3 is 0 Å². The van der Waals surface area contributed by atoms with Gasteiger partial charge in [0.2, 0.25) is 0 Å². The lowest BCUT2D eigenvalue weighted by molar-refractivity contribution is 1.38. The zero-order valence-corrected chi connectivity index (χ0v) is 5.03. The number of fused-ring (bicyclic) bond motifs is 1. The molecule has 1 aromatic carbocycles. The molecule has 0 unspecified atom stereocenters. The third-order valence-corrected chi connectivity index (χ3v) is 2.08. The van der Waals surface area contributed by atoms with Gasteiger partial charge in [-0.3, -0.25) is 0 Å². The Balaban J connectivity index is 2.64. The van der Waals surface area contributed by atoms with Crippen molar-refractivity contribution in [2.24, 2.45) is 0 Å². The average Bonchev–Trinajstić information content (AvgIpc) is 2.43. The van der Waals surface area contributed by atoms with Gasteiger partial charge in [-0.25, -0.2) is 0 Å². The summed E-state index contributed by atoms with van der Waals surface area (Å²) in [6, 6.07) is 5.98. The minimum Gasteiger partial charge on any atom is -0.399 e. The van der Waals surface area contributed by atoms with Gasteiger partial charge in [0, 0.05) is 15.5 Å². The quantitative estimate of drug-likeness (QED) is 0.426.